The number of aliphatic hydroxyl groups excluding tert-OH is 1. The summed E-state index contributed by atoms with van der Waals surface area (Å²) >= 11 is 1.82. The van der Waals surface area contributed by atoms with Gasteiger partial charge in [0.25, 0.3) is 5.91 Å². The van der Waals surface area contributed by atoms with Crippen LogP contribution < -0.4 is 5.32 Å². The second-order valence-corrected chi connectivity index (χ2v) is 5.44. The van der Waals surface area contributed by atoms with Gasteiger partial charge in [0.15, 0.2) is 0 Å². The topological polar surface area (TPSA) is 49.3 Å². The van der Waals surface area contributed by atoms with Crippen LogP contribution in [0.3, 0.4) is 0 Å². The van der Waals surface area contributed by atoms with Crippen molar-refractivity contribution in [3.63, 3.8) is 0 Å². The van der Waals surface area contributed by atoms with Gasteiger partial charge in [0.05, 0.1) is 5.56 Å². The van der Waals surface area contributed by atoms with Crippen LogP contribution in [0.15, 0.2) is 18.2 Å². The quantitative estimate of drug-likeness (QED) is 0.601. The van der Waals surface area contributed by atoms with Gasteiger partial charge in [-0.05, 0) is 43.0 Å². The van der Waals surface area contributed by atoms with Gasteiger partial charge in [0.1, 0.15) is 12.4 Å². The molecule has 1 rings (SSSR count). The summed E-state index contributed by atoms with van der Waals surface area (Å²) in [5, 5.41) is 11.5. The van der Waals surface area contributed by atoms with Crippen LogP contribution >= 0.6 is 11.8 Å². The lowest BCUT2D eigenvalue weighted by molar-refractivity contribution is 0.0952. The number of hydrogen-bond donors (Lipinski definition) is 2. The zero-order valence-electron chi connectivity index (χ0n) is 12.1. The summed E-state index contributed by atoms with van der Waals surface area (Å²) < 4.78 is 13.2. The van der Waals surface area contributed by atoms with E-state index in [1.54, 1.807) is 0 Å². The maximum absolute atomic E-state index is 13.2. The van der Waals surface area contributed by atoms with Crippen LogP contribution in [-0.4, -0.2) is 36.2 Å². The van der Waals surface area contributed by atoms with E-state index in [-0.39, 0.29) is 12.5 Å². The molecule has 1 aromatic rings. The Bertz CT molecular complexity index is 523. The second-order valence-electron chi connectivity index (χ2n) is 4.46. The fraction of sp³-hybridized carbons (Fsp3) is 0.438. The molecule has 21 heavy (non-hydrogen) atoms. The lowest BCUT2D eigenvalue weighted by atomic mass is 10.1. The van der Waals surface area contributed by atoms with E-state index >= 15 is 0 Å². The molecular weight excluding hydrogens is 289 g/mol. The Morgan fingerprint density at radius 3 is 2.90 bits per heavy atom. The zero-order chi connectivity index (χ0) is 15.5. The number of rotatable bonds is 7. The first-order valence-corrected chi connectivity index (χ1v) is 8.25. The molecule has 0 atom stereocenters. The number of halogens is 1. The largest absolute Gasteiger partial charge is 0.384 e. The Morgan fingerprint density at radius 1 is 1.38 bits per heavy atom. The van der Waals surface area contributed by atoms with Gasteiger partial charge in [-0.1, -0.05) is 18.3 Å². The van der Waals surface area contributed by atoms with Crippen molar-refractivity contribution in [1.82, 2.24) is 5.32 Å². The summed E-state index contributed by atoms with van der Waals surface area (Å²) in [5.74, 6) is 5.45. The Morgan fingerprint density at radius 2 is 2.19 bits per heavy atom. The molecule has 0 aliphatic carbocycles. The van der Waals surface area contributed by atoms with Crippen LogP contribution in [0.4, 0.5) is 4.39 Å². The van der Waals surface area contributed by atoms with E-state index in [1.807, 2.05) is 11.8 Å². The molecule has 114 valence electrons. The van der Waals surface area contributed by atoms with Gasteiger partial charge < -0.3 is 10.4 Å². The van der Waals surface area contributed by atoms with E-state index in [9.17, 15) is 9.18 Å². The number of benzene rings is 1. The SMILES string of the molecule is CSCCCCCNC(=O)c1ccc(F)cc1C#CCO. The lowest BCUT2D eigenvalue weighted by Gasteiger charge is -2.07. The average molecular weight is 309 g/mol. The fourth-order valence-corrected chi connectivity index (χ4v) is 2.29. The Labute approximate surface area is 129 Å². The van der Waals surface area contributed by atoms with E-state index < -0.39 is 5.82 Å². The number of amides is 1. The van der Waals surface area contributed by atoms with Crippen LogP contribution in [-0.2, 0) is 0 Å². The van der Waals surface area contributed by atoms with Crippen molar-refractivity contribution in [1.29, 1.82) is 0 Å². The minimum atomic E-state index is -0.453. The molecule has 0 saturated carbocycles. The highest BCUT2D eigenvalue weighted by Gasteiger charge is 2.10. The molecule has 0 heterocycles. The van der Waals surface area contributed by atoms with Crippen LogP contribution in [0.25, 0.3) is 0 Å². The van der Waals surface area contributed by atoms with Gasteiger partial charge in [-0.2, -0.15) is 11.8 Å². The summed E-state index contributed by atoms with van der Waals surface area (Å²) in [6.45, 7) is 0.268. The van der Waals surface area contributed by atoms with Crippen LogP contribution in [0.2, 0.25) is 0 Å². The molecule has 0 fully saturated rings. The Hall–Kier alpha value is -1.51. The smallest absolute Gasteiger partial charge is 0.252 e. The van der Waals surface area contributed by atoms with Gasteiger partial charge in [-0.15, -0.1) is 0 Å². The normalized spacial score (nSPS) is 9.86. The van der Waals surface area contributed by atoms with Crippen molar-refractivity contribution in [3.8, 4) is 11.8 Å². The summed E-state index contributed by atoms with van der Waals surface area (Å²) in [6, 6.07) is 3.85. The van der Waals surface area contributed by atoms with Crippen molar-refractivity contribution in [2.45, 2.75) is 19.3 Å². The minimum absolute atomic E-state index is 0.262. The number of unbranched alkanes of at least 4 members (excludes halogenated alkanes) is 2. The molecular formula is C16H20FNO2S. The highest BCUT2D eigenvalue weighted by atomic mass is 32.2. The van der Waals surface area contributed by atoms with Crippen LogP contribution in [0.1, 0.15) is 35.2 Å². The number of hydrogen-bond acceptors (Lipinski definition) is 3. The average Bonchev–Trinajstić information content (AvgIpc) is 2.48. The summed E-state index contributed by atoms with van der Waals surface area (Å²) in [5.41, 5.74) is 0.630. The summed E-state index contributed by atoms with van der Waals surface area (Å²) in [7, 11) is 0. The summed E-state index contributed by atoms with van der Waals surface area (Å²) in [6.07, 6.45) is 5.21. The molecule has 0 aromatic heterocycles. The van der Waals surface area contributed by atoms with E-state index in [1.165, 1.54) is 18.2 Å². The number of carbonyl (C=O) groups excluding carboxylic acids is 1. The van der Waals surface area contributed by atoms with Gasteiger partial charge in [0.2, 0.25) is 0 Å². The van der Waals surface area contributed by atoms with Crippen molar-refractivity contribution >= 4 is 17.7 Å². The third-order valence-corrected chi connectivity index (χ3v) is 3.54. The van der Waals surface area contributed by atoms with Crippen LogP contribution in [0, 0.1) is 17.7 Å². The van der Waals surface area contributed by atoms with E-state index in [0.717, 1.165) is 25.0 Å². The minimum Gasteiger partial charge on any atom is -0.384 e. The molecule has 0 aliphatic rings. The predicted octanol–water partition coefficient (Wildman–Crippen LogP) is 2.43. The van der Waals surface area contributed by atoms with Gasteiger partial charge in [-0.3, -0.25) is 4.79 Å². The first kappa shape index (κ1) is 17.5. The first-order chi connectivity index (χ1) is 10.2. The van der Waals surface area contributed by atoms with Gasteiger partial charge in [0, 0.05) is 12.1 Å². The molecule has 2 N–H and O–H groups in total. The van der Waals surface area contributed by atoms with E-state index in [4.69, 9.17) is 5.11 Å². The molecule has 0 radical (unpaired) electrons. The van der Waals surface area contributed by atoms with Crippen molar-refractivity contribution in [2.75, 3.05) is 25.2 Å². The van der Waals surface area contributed by atoms with Gasteiger partial charge in [-0.25, -0.2) is 4.39 Å². The number of carbonyl (C=O) groups is 1. The standard InChI is InChI=1S/C16H20FNO2S/c1-21-11-4-2-3-9-18-16(20)15-8-7-14(17)12-13(15)6-5-10-19/h7-8,12,19H,2-4,9-11H2,1H3,(H,18,20). The second kappa shape index (κ2) is 10.3. The third kappa shape index (κ3) is 6.65. The zero-order valence-corrected chi connectivity index (χ0v) is 12.9. The maximum atomic E-state index is 13.2. The third-order valence-electron chi connectivity index (χ3n) is 2.84. The van der Waals surface area contributed by atoms with Gasteiger partial charge >= 0.3 is 0 Å². The highest BCUT2D eigenvalue weighted by Crippen LogP contribution is 2.10. The number of thioether (sulfide) groups is 1. The van der Waals surface area contributed by atoms with E-state index in [0.29, 0.717) is 17.7 Å². The van der Waals surface area contributed by atoms with E-state index in [2.05, 4.69) is 23.4 Å². The summed E-state index contributed by atoms with van der Waals surface area (Å²) in [4.78, 5) is 12.1. The molecule has 0 saturated heterocycles. The lowest BCUT2D eigenvalue weighted by Crippen LogP contribution is -2.25. The number of nitrogens with one attached hydrogen (secondary N) is 1. The van der Waals surface area contributed by atoms with Crippen molar-refractivity contribution < 1.29 is 14.3 Å². The molecule has 5 heteroatoms. The monoisotopic (exact) mass is 309 g/mol. The molecule has 1 amide bonds. The maximum Gasteiger partial charge on any atom is 0.252 e. The van der Waals surface area contributed by atoms with Crippen molar-refractivity contribution in [3.05, 3.63) is 35.1 Å². The fourth-order valence-electron chi connectivity index (χ4n) is 1.80. The molecule has 0 aliphatic heterocycles. The molecule has 1 aromatic carbocycles. The first-order valence-electron chi connectivity index (χ1n) is 6.85. The molecule has 0 unspecified atom stereocenters. The molecule has 0 spiro atoms. The highest BCUT2D eigenvalue weighted by molar-refractivity contribution is 7.98. The molecule has 0 bridgehead atoms. The Balaban J connectivity index is 2.57. The van der Waals surface area contributed by atoms with Crippen LogP contribution in [0.5, 0.6) is 0 Å². The number of aliphatic hydroxyl groups is 1. The molecule has 3 nitrogen and oxygen atoms in total. The Kier molecular flexibility index (Phi) is 8.56. The predicted molar refractivity (Wildman–Crippen MR) is 84.9 cm³/mol. The van der Waals surface area contributed by atoms with Crippen molar-refractivity contribution in [2.24, 2.45) is 0 Å².